The minimum absolute atomic E-state index is 0.424. The van der Waals surface area contributed by atoms with Crippen LogP contribution in [0.15, 0.2) is 30.3 Å². The molecule has 0 amide bonds. The van der Waals surface area contributed by atoms with Gasteiger partial charge >= 0.3 is 0 Å². The molecule has 0 aliphatic carbocycles. The summed E-state index contributed by atoms with van der Waals surface area (Å²) in [7, 11) is 1.74. The first-order valence-electron chi connectivity index (χ1n) is 5.12. The average Bonchev–Trinajstić information content (AvgIpc) is 2.25. The van der Waals surface area contributed by atoms with Gasteiger partial charge in [0.2, 0.25) is 0 Å². The van der Waals surface area contributed by atoms with Crippen LogP contribution in [-0.4, -0.2) is 20.3 Å². The van der Waals surface area contributed by atoms with Crippen molar-refractivity contribution in [1.29, 1.82) is 0 Å². The van der Waals surface area contributed by atoms with E-state index >= 15 is 0 Å². The number of rotatable bonds is 6. The van der Waals surface area contributed by atoms with Crippen LogP contribution in [0.25, 0.3) is 0 Å². The van der Waals surface area contributed by atoms with Gasteiger partial charge in [0.25, 0.3) is 0 Å². The maximum atomic E-state index is 4.99. The summed E-state index contributed by atoms with van der Waals surface area (Å²) >= 11 is 0. The third-order valence-electron chi connectivity index (χ3n) is 2.28. The average molecular weight is 193 g/mol. The molecule has 1 aromatic carbocycles. The Morgan fingerprint density at radius 2 is 2.00 bits per heavy atom. The van der Waals surface area contributed by atoms with E-state index in [-0.39, 0.29) is 0 Å². The Bertz CT molecular complexity index is 235. The maximum Gasteiger partial charge on any atom is 0.0474 e. The fraction of sp³-hybridized carbons (Fsp3) is 0.500. The molecule has 0 saturated heterocycles. The van der Waals surface area contributed by atoms with E-state index in [1.165, 1.54) is 5.56 Å². The van der Waals surface area contributed by atoms with E-state index in [2.05, 4.69) is 36.5 Å². The number of hydrogen-bond donors (Lipinski definition) is 1. The lowest BCUT2D eigenvalue weighted by atomic mass is 10.1. The van der Waals surface area contributed by atoms with Crippen LogP contribution < -0.4 is 5.32 Å². The standard InChI is InChI=1S/C12H19NO/c1-11(13-9-6-10-14-2)12-7-4-3-5-8-12/h3-5,7-8,11,13H,6,9-10H2,1-2H3. The molecular formula is C12H19NO. The van der Waals surface area contributed by atoms with Crippen molar-refractivity contribution in [3.63, 3.8) is 0 Å². The molecule has 1 rings (SSSR count). The molecule has 0 heterocycles. The molecule has 1 aromatic rings. The molecule has 0 saturated carbocycles. The van der Waals surface area contributed by atoms with Gasteiger partial charge in [0.1, 0.15) is 0 Å². The Hall–Kier alpha value is -0.860. The third-order valence-corrected chi connectivity index (χ3v) is 2.28. The molecule has 0 fully saturated rings. The van der Waals surface area contributed by atoms with Gasteiger partial charge in [0.05, 0.1) is 0 Å². The minimum Gasteiger partial charge on any atom is -0.385 e. The predicted molar refractivity (Wildman–Crippen MR) is 59.4 cm³/mol. The second-order valence-electron chi connectivity index (χ2n) is 3.43. The molecule has 1 unspecified atom stereocenters. The molecule has 0 bridgehead atoms. The maximum absolute atomic E-state index is 4.99. The molecule has 1 atom stereocenters. The van der Waals surface area contributed by atoms with Crippen LogP contribution in [0.4, 0.5) is 0 Å². The highest BCUT2D eigenvalue weighted by molar-refractivity contribution is 5.17. The molecule has 0 aliphatic rings. The molecule has 78 valence electrons. The fourth-order valence-corrected chi connectivity index (χ4v) is 1.39. The van der Waals surface area contributed by atoms with Crippen LogP contribution in [0.2, 0.25) is 0 Å². The van der Waals surface area contributed by atoms with E-state index in [4.69, 9.17) is 4.74 Å². The van der Waals surface area contributed by atoms with Gasteiger partial charge < -0.3 is 10.1 Å². The zero-order chi connectivity index (χ0) is 10.2. The minimum atomic E-state index is 0.424. The molecule has 2 heteroatoms. The Kier molecular flexibility index (Phi) is 5.27. The topological polar surface area (TPSA) is 21.3 Å². The van der Waals surface area contributed by atoms with Crippen molar-refractivity contribution >= 4 is 0 Å². The van der Waals surface area contributed by atoms with E-state index in [9.17, 15) is 0 Å². The van der Waals surface area contributed by atoms with Crippen LogP contribution in [0.3, 0.4) is 0 Å². The highest BCUT2D eigenvalue weighted by Gasteiger charge is 2.01. The first-order valence-corrected chi connectivity index (χ1v) is 5.12. The van der Waals surface area contributed by atoms with Crippen LogP contribution in [0, 0.1) is 0 Å². The lowest BCUT2D eigenvalue weighted by molar-refractivity contribution is 0.193. The smallest absolute Gasteiger partial charge is 0.0474 e. The number of hydrogen-bond acceptors (Lipinski definition) is 2. The van der Waals surface area contributed by atoms with Gasteiger partial charge in [0.15, 0.2) is 0 Å². The molecule has 0 aliphatic heterocycles. The Balaban J connectivity index is 2.25. The zero-order valence-electron chi connectivity index (χ0n) is 8.99. The molecule has 0 aromatic heterocycles. The Labute approximate surface area is 86.3 Å². The molecule has 0 spiro atoms. The van der Waals surface area contributed by atoms with Gasteiger partial charge in [-0.25, -0.2) is 0 Å². The van der Waals surface area contributed by atoms with E-state index < -0.39 is 0 Å². The third kappa shape index (κ3) is 3.90. The monoisotopic (exact) mass is 193 g/mol. The molecular weight excluding hydrogens is 174 g/mol. The molecule has 2 nitrogen and oxygen atoms in total. The summed E-state index contributed by atoms with van der Waals surface area (Å²) < 4.78 is 4.99. The van der Waals surface area contributed by atoms with Crippen LogP contribution in [-0.2, 0) is 4.74 Å². The predicted octanol–water partition coefficient (Wildman–Crippen LogP) is 2.37. The number of methoxy groups -OCH3 is 1. The molecule has 14 heavy (non-hydrogen) atoms. The van der Waals surface area contributed by atoms with E-state index in [0.717, 1.165) is 19.6 Å². The summed E-state index contributed by atoms with van der Waals surface area (Å²) in [5.41, 5.74) is 1.34. The summed E-state index contributed by atoms with van der Waals surface area (Å²) in [6.45, 7) is 4.01. The Morgan fingerprint density at radius 3 is 2.64 bits per heavy atom. The fourth-order valence-electron chi connectivity index (χ4n) is 1.39. The van der Waals surface area contributed by atoms with Gasteiger partial charge in [-0.2, -0.15) is 0 Å². The van der Waals surface area contributed by atoms with E-state index in [1.54, 1.807) is 7.11 Å². The van der Waals surface area contributed by atoms with E-state index in [1.807, 2.05) is 6.07 Å². The van der Waals surface area contributed by atoms with Crippen LogP contribution >= 0.6 is 0 Å². The number of ether oxygens (including phenoxy) is 1. The molecule has 0 radical (unpaired) electrons. The highest BCUT2D eigenvalue weighted by Crippen LogP contribution is 2.10. The van der Waals surface area contributed by atoms with Gasteiger partial charge in [0, 0.05) is 19.8 Å². The van der Waals surface area contributed by atoms with Crippen LogP contribution in [0.1, 0.15) is 24.9 Å². The van der Waals surface area contributed by atoms with Crippen molar-refractivity contribution in [2.24, 2.45) is 0 Å². The van der Waals surface area contributed by atoms with Crippen LogP contribution in [0.5, 0.6) is 0 Å². The zero-order valence-corrected chi connectivity index (χ0v) is 8.99. The van der Waals surface area contributed by atoms with E-state index in [0.29, 0.717) is 6.04 Å². The summed E-state index contributed by atoms with van der Waals surface area (Å²) in [4.78, 5) is 0. The summed E-state index contributed by atoms with van der Waals surface area (Å²) in [6, 6.07) is 10.9. The summed E-state index contributed by atoms with van der Waals surface area (Å²) in [6.07, 6.45) is 1.06. The second-order valence-corrected chi connectivity index (χ2v) is 3.43. The van der Waals surface area contributed by atoms with Gasteiger partial charge in [-0.3, -0.25) is 0 Å². The van der Waals surface area contributed by atoms with Gasteiger partial charge in [-0.1, -0.05) is 30.3 Å². The second kappa shape index (κ2) is 6.57. The largest absolute Gasteiger partial charge is 0.385 e. The van der Waals surface area contributed by atoms with Crippen molar-refractivity contribution in [1.82, 2.24) is 5.32 Å². The van der Waals surface area contributed by atoms with Gasteiger partial charge in [-0.15, -0.1) is 0 Å². The number of nitrogens with one attached hydrogen (secondary N) is 1. The summed E-state index contributed by atoms with van der Waals surface area (Å²) in [5.74, 6) is 0. The first-order chi connectivity index (χ1) is 6.84. The molecule has 1 N–H and O–H groups in total. The Morgan fingerprint density at radius 1 is 1.29 bits per heavy atom. The van der Waals surface area contributed by atoms with Gasteiger partial charge in [-0.05, 0) is 25.5 Å². The van der Waals surface area contributed by atoms with Crippen molar-refractivity contribution in [3.8, 4) is 0 Å². The first kappa shape index (κ1) is 11.2. The lowest BCUT2D eigenvalue weighted by Crippen LogP contribution is -2.20. The lowest BCUT2D eigenvalue weighted by Gasteiger charge is -2.13. The van der Waals surface area contributed by atoms with Crippen molar-refractivity contribution in [3.05, 3.63) is 35.9 Å². The van der Waals surface area contributed by atoms with Crippen molar-refractivity contribution in [2.45, 2.75) is 19.4 Å². The normalized spacial score (nSPS) is 12.7. The van der Waals surface area contributed by atoms with Crippen molar-refractivity contribution < 1.29 is 4.74 Å². The SMILES string of the molecule is COCCCNC(C)c1ccccc1. The summed E-state index contributed by atoms with van der Waals surface area (Å²) in [5, 5.41) is 3.45. The quantitative estimate of drug-likeness (QED) is 0.700. The number of benzene rings is 1. The highest BCUT2D eigenvalue weighted by atomic mass is 16.5. The van der Waals surface area contributed by atoms with Crippen molar-refractivity contribution in [2.75, 3.05) is 20.3 Å².